The molecule has 0 spiro atoms. The molecule has 1 aliphatic rings. The lowest BCUT2D eigenvalue weighted by atomic mass is 9.92. The van der Waals surface area contributed by atoms with Gasteiger partial charge in [-0.2, -0.15) is 4.72 Å². The molecule has 2 atom stereocenters. The first-order valence-electron chi connectivity index (χ1n) is 12.2. The van der Waals surface area contributed by atoms with Crippen LogP contribution in [0.2, 0.25) is 10.0 Å². The van der Waals surface area contributed by atoms with Gasteiger partial charge < -0.3 is 15.2 Å². The lowest BCUT2D eigenvalue weighted by molar-refractivity contribution is -0.274. The van der Waals surface area contributed by atoms with Crippen molar-refractivity contribution in [1.29, 1.82) is 0 Å². The summed E-state index contributed by atoms with van der Waals surface area (Å²) in [5.41, 5.74) is -1.12. The molecule has 17 heteroatoms. The van der Waals surface area contributed by atoms with Gasteiger partial charge in [-0.05, 0) is 49.7 Å². The lowest BCUT2D eigenvalue weighted by Gasteiger charge is -2.27. The predicted molar refractivity (Wildman–Crippen MR) is 146 cm³/mol. The number of aliphatic hydroxyl groups excluding tert-OH is 1. The Morgan fingerprint density at radius 1 is 1.17 bits per heavy atom. The van der Waals surface area contributed by atoms with E-state index >= 15 is 0 Å². The number of benzene rings is 2. The summed E-state index contributed by atoms with van der Waals surface area (Å²) in [4.78, 5) is 31.7. The van der Waals surface area contributed by atoms with Crippen molar-refractivity contribution in [1.82, 2.24) is 19.6 Å². The number of hydrogen-bond acceptors (Lipinski definition) is 7. The first-order valence-corrected chi connectivity index (χ1v) is 14.4. The number of sulfonamides is 1. The summed E-state index contributed by atoms with van der Waals surface area (Å²) < 4.78 is 72.3. The van der Waals surface area contributed by atoms with Gasteiger partial charge in [-0.25, -0.2) is 18.3 Å². The molecular formula is C25H24Cl2F3N5O6S. The Morgan fingerprint density at radius 2 is 1.79 bits per heavy atom. The van der Waals surface area contributed by atoms with Gasteiger partial charge in [-0.1, -0.05) is 35.3 Å². The maximum atomic E-state index is 14.1. The molecular weight excluding hydrogens is 626 g/mol. The number of carbonyl (C=O) groups excluding carboxylic acids is 2. The van der Waals surface area contributed by atoms with Crippen LogP contribution in [0.1, 0.15) is 19.4 Å². The van der Waals surface area contributed by atoms with Gasteiger partial charge in [0.2, 0.25) is 11.9 Å². The molecule has 2 aromatic carbocycles. The van der Waals surface area contributed by atoms with Crippen LogP contribution in [0.15, 0.2) is 53.7 Å². The number of rotatable bonds is 10. The van der Waals surface area contributed by atoms with E-state index in [1.807, 2.05) is 0 Å². The van der Waals surface area contributed by atoms with E-state index in [9.17, 15) is 31.2 Å². The van der Waals surface area contributed by atoms with E-state index in [4.69, 9.17) is 28.3 Å². The van der Waals surface area contributed by atoms with E-state index in [-0.39, 0.29) is 41.3 Å². The van der Waals surface area contributed by atoms with Crippen LogP contribution >= 0.6 is 23.2 Å². The second-order valence-electron chi connectivity index (χ2n) is 9.50. The van der Waals surface area contributed by atoms with Crippen LogP contribution in [0.25, 0.3) is 0 Å². The maximum Gasteiger partial charge on any atom is 0.573 e. The molecule has 3 aromatic rings. The Hall–Kier alpha value is -3.37. The molecule has 2 amide bonds. The van der Waals surface area contributed by atoms with Crippen molar-refractivity contribution in [3.63, 3.8) is 0 Å². The molecule has 0 saturated heterocycles. The molecule has 0 fully saturated rings. The second kappa shape index (κ2) is 11.7. The van der Waals surface area contributed by atoms with E-state index in [1.54, 1.807) is 0 Å². The maximum absolute atomic E-state index is 14.1. The molecule has 0 saturated carbocycles. The number of nitrogens with zero attached hydrogens (tertiary/aromatic N) is 3. The third-order valence-corrected chi connectivity index (χ3v) is 8.23. The number of alkyl halides is 3. The van der Waals surface area contributed by atoms with Gasteiger partial charge >= 0.3 is 6.36 Å². The molecule has 3 N–H and O–H groups in total. The van der Waals surface area contributed by atoms with E-state index in [2.05, 4.69) is 19.8 Å². The third kappa shape index (κ3) is 6.49. The third-order valence-electron chi connectivity index (χ3n) is 6.29. The van der Waals surface area contributed by atoms with Crippen molar-refractivity contribution in [2.75, 3.05) is 18.1 Å². The van der Waals surface area contributed by atoms with Crippen LogP contribution in [0.4, 0.5) is 24.8 Å². The fourth-order valence-electron chi connectivity index (χ4n) is 4.51. The average Bonchev–Trinajstić information content (AvgIpc) is 3.40. The van der Waals surface area contributed by atoms with Crippen LogP contribution in [-0.4, -0.2) is 60.4 Å². The van der Waals surface area contributed by atoms with E-state index in [1.165, 1.54) is 48.7 Å². The van der Waals surface area contributed by atoms with Crippen LogP contribution in [0, 0.1) is 0 Å². The zero-order valence-corrected chi connectivity index (χ0v) is 24.3. The zero-order valence-electron chi connectivity index (χ0n) is 21.9. The quantitative estimate of drug-likeness (QED) is 0.305. The monoisotopic (exact) mass is 649 g/mol. The molecule has 1 aromatic heterocycles. The lowest BCUT2D eigenvalue weighted by Crippen LogP contribution is -2.47. The van der Waals surface area contributed by atoms with Crippen molar-refractivity contribution in [3.05, 3.63) is 64.3 Å². The Labute approximate surface area is 248 Å². The van der Waals surface area contributed by atoms with Gasteiger partial charge in [0.1, 0.15) is 11.3 Å². The molecule has 4 rings (SSSR count). The van der Waals surface area contributed by atoms with Crippen molar-refractivity contribution in [2.45, 2.75) is 43.2 Å². The summed E-state index contributed by atoms with van der Waals surface area (Å²) in [5.74, 6) is -1.92. The largest absolute Gasteiger partial charge is 0.573 e. The zero-order chi connectivity index (χ0) is 31.0. The van der Waals surface area contributed by atoms with Gasteiger partial charge in [-0.15, -0.1) is 13.2 Å². The van der Waals surface area contributed by atoms with E-state index in [0.29, 0.717) is 5.56 Å². The van der Waals surface area contributed by atoms with Gasteiger partial charge in [-0.3, -0.25) is 14.2 Å². The van der Waals surface area contributed by atoms with E-state index < -0.39 is 50.6 Å². The molecule has 0 bridgehead atoms. The standard InChI is InChI=1S/C25H24Cl2F3N5O6S/c1-14(21(37)31-7-8-36)33-42(39,40)20-13-32-23-34(18-10-16(26)9-17(27)11-18)22(38)24(2,35(20)23)12-15-3-5-19(6-4-15)41-25(28,29)30/h3-6,9-11,13-14,33,36H,7-8,12H2,1-2H3,(H,31,37). The highest BCUT2D eigenvalue weighted by Gasteiger charge is 2.52. The Morgan fingerprint density at radius 3 is 2.36 bits per heavy atom. The highest BCUT2D eigenvalue weighted by Crippen LogP contribution is 2.44. The number of carbonyl (C=O) groups is 2. The summed E-state index contributed by atoms with van der Waals surface area (Å²) >= 11 is 12.3. The first-order chi connectivity index (χ1) is 19.6. The average molecular weight is 650 g/mol. The Bertz CT molecular complexity index is 1600. The van der Waals surface area contributed by atoms with Crippen LogP contribution in [-0.2, 0) is 31.6 Å². The number of amides is 2. The Kier molecular flexibility index (Phi) is 8.81. The first kappa shape index (κ1) is 31.6. The number of fused-ring (bicyclic) bond motifs is 1. The van der Waals surface area contributed by atoms with Crippen LogP contribution < -0.4 is 19.7 Å². The summed E-state index contributed by atoms with van der Waals surface area (Å²) in [6.45, 7) is 2.29. The van der Waals surface area contributed by atoms with Gasteiger partial charge in [0, 0.05) is 23.0 Å². The highest BCUT2D eigenvalue weighted by molar-refractivity contribution is 7.89. The molecule has 2 unspecified atom stereocenters. The van der Waals surface area contributed by atoms with Crippen LogP contribution in [0.5, 0.6) is 5.75 Å². The summed E-state index contributed by atoms with van der Waals surface area (Å²) in [7, 11) is -4.50. The molecule has 1 aliphatic heterocycles. The molecule has 0 aliphatic carbocycles. The molecule has 0 radical (unpaired) electrons. The van der Waals surface area contributed by atoms with Crippen molar-refractivity contribution >= 4 is 56.7 Å². The fourth-order valence-corrected chi connectivity index (χ4v) is 6.43. The summed E-state index contributed by atoms with van der Waals surface area (Å²) in [6, 6.07) is 7.80. The Balaban J connectivity index is 1.79. The van der Waals surface area contributed by atoms with Gasteiger partial charge in [0.05, 0.1) is 24.5 Å². The number of aromatic nitrogens is 2. The predicted octanol–water partition coefficient (Wildman–Crippen LogP) is 3.50. The second-order valence-corrected chi connectivity index (χ2v) is 12.0. The number of imidazole rings is 1. The molecule has 226 valence electrons. The number of nitrogens with one attached hydrogen (secondary N) is 2. The normalized spacial score (nSPS) is 17.7. The summed E-state index contributed by atoms with van der Waals surface area (Å²) in [5, 5.41) is 11.2. The minimum absolute atomic E-state index is 0.0937. The highest BCUT2D eigenvalue weighted by atomic mass is 35.5. The number of ether oxygens (including phenoxy) is 1. The summed E-state index contributed by atoms with van der Waals surface area (Å²) in [6.07, 6.45) is -4.07. The van der Waals surface area contributed by atoms with Crippen molar-refractivity contribution < 1.29 is 41.0 Å². The molecule has 2 heterocycles. The number of hydrogen-bond donors (Lipinski definition) is 3. The number of halogens is 5. The van der Waals surface area contributed by atoms with Crippen molar-refractivity contribution in [2.24, 2.45) is 0 Å². The minimum atomic E-state index is -4.90. The van der Waals surface area contributed by atoms with E-state index in [0.717, 1.165) is 23.2 Å². The smallest absolute Gasteiger partial charge is 0.406 e. The van der Waals surface area contributed by atoms with Gasteiger partial charge in [0.15, 0.2) is 5.03 Å². The molecule has 42 heavy (non-hydrogen) atoms. The topological polar surface area (TPSA) is 143 Å². The molecule has 11 nitrogen and oxygen atoms in total. The van der Waals surface area contributed by atoms with Gasteiger partial charge in [0.25, 0.3) is 15.9 Å². The minimum Gasteiger partial charge on any atom is -0.406 e. The number of aliphatic hydroxyl groups is 1. The fraction of sp³-hybridized carbons (Fsp3) is 0.320. The van der Waals surface area contributed by atoms with Crippen molar-refractivity contribution in [3.8, 4) is 5.75 Å². The SMILES string of the molecule is CC(NS(=O)(=O)c1cnc2n1C(C)(Cc1ccc(OC(F)(F)F)cc1)C(=O)N2c1cc(Cl)cc(Cl)c1)C(=O)NCCO. The number of anilines is 2. The van der Waals surface area contributed by atoms with Crippen LogP contribution in [0.3, 0.4) is 0 Å².